The molecule has 4 nitrogen and oxygen atoms in total. The minimum atomic E-state index is -0.541. The second-order valence-corrected chi connectivity index (χ2v) is 4.12. The summed E-state index contributed by atoms with van der Waals surface area (Å²) >= 11 is 0. The van der Waals surface area contributed by atoms with E-state index in [1.54, 1.807) is 0 Å². The predicted octanol–water partition coefficient (Wildman–Crippen LogP) is -1.22. The molecule has 2 rings (SSSR count). The number of aliphatic hydroxyl groups excluding tert-OH is 2. The van der Waals surface area contributed by atoms with E-state index in [-0.39, 0.29) is 0 Å². The average molecular weight is 186 g/mol. The van der Waals surface area contributed by atoms with Gasteiger partial charge in [0.2, 0.25) is 0 Å². The van der Waals surface area contributed by atoms with Crippen LogP contribution in [-0.2, 0) is 0 Å². The van der Waals surface area contributed by atoms with Crippen LogP contribution in [0.1, 0.15) is 12.8 Å². The Labute approximate surface area is 78.5 Å². The van der Waals surface area contributed by atoms with Crippen molar-refractivity contribution in [2.75, 3.05) is 26.2 Å². The third-order valence-corrected chi connectivity index (χ3v) is 2.77. The quantitative estimate of drug-likeness (QED) is 0.515. The molecule has 3 N–H and O–H groups in total. The van der Waals surface area contributed by atoms with Crippen LogP contribution < -0.4 is 5.32 Å². The smallest absolute Gasteiger partial charge is 0.0938 e. The number of aliphatic hydroxyl groups is 2. The molecule has 0 spiro atoms. The first-order chi connectivity index (χ1) is 6.25. The molecule has 2 aliphatic rings. The van der Waals surface area contributed by atoms with Crippen LogP contribution in [0.4, 0.5) is 0 Å². The van der Waals surface area contributed by atoms with Crippen LogP contribution >= 0.6 is 0 Å². The molecule has 2 fully saturated rings. The molecule has 13 heavy (non-hydrogen) atoms. The average Bonchev–Trinajstić information content (AvgIpc) is 2.82. The van der Waals surface area contributed by atoms with Crippen LogP contribution in [0.3, 0.4) is 0 Å². The fourth-order valence-electron chi connectivity index (χ4n) is 1.74. The highest BCUT2D eigenvalue weighted by atomic mass is 16.3. The van der Waals surface area contributed by atoms with Crippen LogP contribution in [0.15, 0.2) is 0 Å². The van der Waals surface area contributed by atoms with Gasteiger partial charge in [-0.3, -0.25) is 4.90 Å². The molecule has 4 heteroatoms. The first-order valence-corrected chi connectivity index (χ1v) is 5.07. The van der Waals surface area contributed by atoms with Crippen LogP contribution in [0, 0.1) is 0 Å². The monoisotopic (exact) mass is 186 g/mol. The van der Waals surface area contributed by atoms with Crippen molar-refractivity contribution in [3.05, 3.63) is 0 Å². The van der Waals surface area contributed by atoms with Gasteiger partial charge in [0.05, 0.1) is 12.2 Å². The summed E-state index contributed by atoms with van der Waals surface area (Å²) in [6, 6.07) is 0.748. The van der Waals surface area contributed by atoms with Crippen molar-refractivity contribution >= 4 is 0 Å². The standard InChI is InChI=1S/C9H18N2O2/c12-8-5-11(6-9(8)13)4-3-10-7-1-2-7/h7-10,12-13H,1-6H2. The van der Waals surface area contributed by atoms with Crippen LogP contribution in [0.2, 0.25) is 0 Å². The number of nitrogens with zero attached hydrogens (tertiary/aromatic N) is 1. The van der Waals surface area contributed by atoms with Gasteiger partial charge in [0.25, 0.3) is 0 Å². The lowest BCUT2D eigenvalue weighted by Gasteiger charge is -2.14. The zero-order valence-corrected chi connectivity index (χ0v) is 7.82. The molecule has 1 heterocycles. The van der Waals surface area contributed by atoms with E-state index < -0.39 is 12.2 Å². The Balaban J connectivity index is 1.59. The Morgan fingerprint density at radius 3 is 2.31 bits per heavy atom. The minimum Gasteiger partial charge on any atom is -0.389 e. The Hall–Kier alpha value is -0.160. The third-order valence-electron chi connectivity index (χ3n) is 2.77. The molecule has 1 saturated heterocycles. The van der Waals surface area contributed by atoms with Gasteiger partial charge in [-0.2, -0.15) is 0 Å². The molecule has 1 saturated carbocycles. The third kappa shape index (κ3) is 2.64. The summed E-state index contributed by atoms with van der Waals surface area (Å²) in [5, 5.41) is 22.0. The maximum Gasteiger partial charge on any atom is 0.0938 e. The highest BCUT2D eigenvalue weighted by molar-refractivity contribution is 4.85. The molecular weight excluding hydrogens is 168 g/mol. The van der Waals surface area contributed by atoms with Crippen molar-refractivity contribution in [1.82, 2.24) is 10.2 Å². The maximum atomic E-state index is 9.28. The molecule has 0 aromatic rings. The normalized spacial score (nSPS) is 35.5. The summed E-state index contributed by atoms with van der Waals surface area (Å²) in [6.45, 7) is 3.15. The molecule has 0 aromatic heterocycles. The number of hydrogen-bond donors (Lipinski definition) is 3. The van der Waals surface area contributed by atoms with Crippen molar-refractivity contribution in [1.29, 1.82) is 0 Å². The van der Waals surface area contributed by atoms with E-state index >= 15 is 0 Å². The van der Waals surface area contributed by atoms with Crippen LogP contribution in [0.5, 0.6) is 0 Å². The summed E-state index contributed by atoms with van der Waals surface area (Å²) in [6.07, 6.45) is 1.54. The molecular formula is C9H18N2O2. The second kappa shape index (κ2) is 3.92. The Morgan fingerprint density at radius 2 is 1.77 bits per heavy atom. The van der Waals surface area contributed by atoms with Gasteiger partial charge in [-0.15, -0.1) is 0 Å². The van der Waals surface area contributed by atoms with E-state index in [4.69, 9.17) is 0 Å². The highest BCUT2D eigenvalue weighted by Gasteiger charge is 2.29. The summed E-state index contributed by atoms with van der Waals surface area (Å²) in [4.78, 5) is 2.10. The van der Waals surface area contributed by atoms with Crippen LogP contribution in [0.25, 0.3) is 0 Å². The maximum absolute atomic E-state index is 9.28. The summed E-state index contributed by atoms with van der Waals surface area (Å²) in [5.74, 6) is 0. The van der Waals surface area contributed by atoms with Gasteiger partial charge in [-0.05, 0) is 12.8 Å². The number of hydrogen-bond acceptors (Lipinski definition) is 4. The zero-order valence-electron chi connectivity index (χ0n) is 7.82. The van der Waals surface area contributed by atoms with Gasteiger partial charge in [-0.25, -0.2) is 0 Å². The summed E-state index contributed by atoms with van der Waals surface area (Å²) < 4.78 is 0. The molecule has 0 aromatic carbocycles. The second-order valence-electron chi connectivity index (χ2n) is 4.12. The lowest BCUT2D eigenvalue weighted by Crippen LogP contribution is -2.32. The van der Waals surface area contributed by atoms with Gasteiger partial charge in [0.15, 0.2) is 0 Å². The number of rotatable bonds is 4. The minimum absolute atomic E-state index is 0.541. The molecule has 76 valence electrons. The van der Waals surface area contributed by atoms with Gasteiger partial charge in [-0.1, -0.05) is 0 Å². The van der Waals surface area contributed by atoms with E-state index in [1.807, 2.05) is 0 Å². The first-order valence-electron chi connectivity index (χ1n) is 5.07. The highest BCUT2D eigenvalue weighted by Crippen LogP contribution is 2.18. The topological polar surface area (TPSA) is 55.7 Å². The lowest BCUT2D eigenvalue weighted by molar-refractivity contribution is 0.0572. The fourth-order valence-corrected chi connectivity index (χ4v) is 1.74. The Morgan fingerprint density at radius 1 is 1.15 bits per heavy atom. The van der Waals surface area contributed by atoms with E-state index in [0.29, 0.717) is 13.1 Å². The van der Waals surface area contributed by atoms with Crippen molar-refractivity contribution in [2.24, 2.45) is 0 Å². The largest absolute Gasteiger partial charge is 0.389 e. The molecule has 2 atom stereocenters. The SMILES string of the molecule is OC1CN(CCNC2CC2)CC1O. The Kier molecular flexibility index (Phi) is 2.83. The fraction of sp³-hybridized carbons (Fsp3) is 1.00. The molecule has 2 unspecified atom stereocenters. The van der Waals surface area contributed by atoms with E-state index in [1.165, 1.54) is 12.8 Å². The molecule has 0 bridgehead atoms. The Bertz CT molecular complexity index is 163. The van der Waals surface area contributed by atoms with E-state index in [2.05, 4.69) is 10.2 Å². The van der Waals surface area contributed by atoms with E-state index in [9.17, 15) is 10.2 Å². The number of likely N-dealkylation sites (tertiary alicyclic amines) is 1. The molecule has 0 amide bonds. The number of β-amino-alcohol motifs (C(OH)–C–C–N with tert-alkyl or cyclic N) is 2. The predicted molar refractivity (Wildman–Crippen MR) is 49.5 cm³/mol. The summed E-state index contributed by atoms with van der Waals surface area (Å²) in [7, 11) is 0. The van der Waals surface area contributed by atoms with Gasteiger partial charge in [0, 0.05) is 32.2 Å². The van der Waals surface area contributed by atoms with Crippen molar-refractivity contribution in [2.45, 2.75) is 31.1 Å². The van der Waals surface area contributed by atoms with Crippen molar-refractivity contribution < 1.29 is 10.2 Å². The zero-order chi connectivity index (χ0) is 9.26. The van der Waals surface area contributed by atoms with Gasteiger partial charge < -0.3 is 15.5 Å². The molecule has 1 aliphatic heterocycles. The summed E-state index contributed by atoms with van der Waals surface area (Å²) in [5.41, 5.74) is 0. The lowest BCUT2D eigenvalue weighted by atomic mass is 10.3. The molecule has 0 radical (unpaired) electrons. The number of nitrogens with one attached hydrogen (secondary N) is 1. The van der Waals surface area contributed by atoms with Gasteiger partial charge >= 0.3 is 0 Å². The molecule has 1 aliphatic carbocycles. The van der Waals surface area contributed by atoms with Gasteiger partial charge in [0.1, 0.15) is 0 Å². The van der Waals surface area contributed by atoms with E-state index in [0.717, 1.165) is 19.1 Å². The van der Waals surface area contributed by atoms with Crippen molar-refractivity contribution in [3.8, 4) is 0 Å². The first kappa shape index (κ1) is 9.40. The van der Waals surface area contributed by atoms with Crippen molar-refractivity contribution in [3.63, 3.8) is 0 Å². The van der Waals surface area contributed by atoms with Crippen LogP contribution in [-0.4, -0.2) is 59.5 Å².